The van der Waals surface area contributed by atoms with E-state index >= 15 is 0 Å². The molecule has 1 aliphatic carbocycles. The summed E-state index contributed by atoms with van der Waals surface area (Å²) in [5.41, 5.74) is -0.304. The Bertz CT molecular complexity index is 642. The van der Waals surface area contributed by atoms with Gasteiger partial charge in [-0.2, -0.15) is 0 Å². The summed E-state index contributed by atoms with van der Waals surface area (Å²) in [7, 11) is 0. The molecule has 1 fully saturated rings. The normalized spacial score (nSPS) is 16.4. The molecule has 6 heteroatoms. The second kappa shape index (κ2) is 8.83. The van der Waals surface area contributed by atoms with Gasteiger partial charge in [0, 0.05) is 24.2 Å². The fourth-order valence-corrected chi connectivity index (χ4v) is 3.47. The number of benzene rings is 1. The average Bonchev–Trinajstić information content (AvgIpc) is 2.89. The van der Waals surface area contributed by atoms with Crippen LogP contribution < -0.4 is 5.32 Å². The van der Waals surface area contributed by atoms with E-state index in [4.69, 9.17) is 0 Å². The summed E-state index contributed by atoms with van der Waals surface area (Å²) in [4.78, 5) is 38.4. The molecule has 0 saturated heterocycles. The lowest BCUT2D eigenvalue weighted by Gasteiger charge is -2.29. The van der Waals surface area contributed by atoms with E-state index in [0.29, 0.717) is 37.1 Å². The van der Waals surface area contributed by atoms with Crippen LogP contribution in [0.15, 0.2) is 24.3 Å². The minimum absolute atomic E-state index is 0.0762. The van der Waals surface area contributed by atoms with Crippen LogP contribution in [0.25, 0.3) is 0 Å². The van der Waals surface area contributed by atoms with E-state index in [1.54, 1.807) is 29.2 Å². The highest BCUT2D eigenvalue weighted by Crippen LogP contribution is 2.28. The van der Waals surface area contributed by atoms with Crippen molar-refractivity contribution in [3.63, 3.8) is 0 Å². The van der Waals surface area contributed by atoms with E-state index in [1.807, 2.05) is 13.8 Å². The quantitative estimate of drug-likeness (QED) is 0.763. The highest BCUT2D eigenvalue weighted by molar-refractivity contribution is 5.99. The van der Waals surface area contributed by atoms with E-state index in [9.17, 15) is 19.5 Å². The van der Waals surface area contributed by atoms with Gasteiger partial charge in [-0.1, -0.05) is 25.7 Å². The highest BCUT2D eigenvalue weighted by Gasteiger charge is 2.40. The Morgan fingerprint density at radius 2 is 1.46 bits per heavy atom. The first-order chi connectivity index (χ1) is 12.4. The number of nitrogens with one attached hydrogen (secondary N) is 1. The third kappa shape index (κ3) is 4.42. The molecule has 0 aliphatic heterocycles. The summed E-state index contributed by atoms with van der Waals surface area (Å²) in [5.74, 6) is -1.45. The molecule has 26 heavy (non-hydrogen) atoms. The van der Waals surface area contributed by atoms with Crippen LogP contribution >= 0.6 is 0 Å². The lowest BCUT2D eigenvalue weighted by Crippen LogP contribution is -2.54. The van der Waals surface area contributed by atoms with Crippen LogP contribution in [0.5, 0.6) is 0 Å². The molecule has 1 saturated carbocycles. The first kappa shape index (κ1) is 19.9. The van der Waals surface area contributed by atoms with Gasteiger partial charge in [-0.3, -0.25) is 9.59 Å². The number of hydrogen-bond donors (Lipinski definition) is 2. The van der Waals surface area contributed by atoms with Gasteiger partial charge in [0.05, 0.1) is 0 Å². The Morgan fingerprint density at radius 1 is 0.962 bits per heavy atom. The minimum atomic E-state index is -1.19. The Hall–Kier alpha value is -2.37. The third-order valence-corrected chi connectivity index (χ3v) is 5.16. The minimum Gasteiger partial charge on any atom is -0.480 e. The molecule has 142 valence electrons. The number of nitrogens with zero attached hydrogens (tertiary/aromatic N) is 1. The van der Waals surface area contributed by atoms with Gasteiger partial charge in [0.2, 0.25) is 0 Å². The maximum atomic E-state index is 12.6. The molecule has 0 unspecified atom stereocenters. The lowest BCUT2D eigenvalue weighted by molar-refractivity contribution is -0.145. The number of hydrogen-bond acceptors (Lipinski definition) is 3. The van der Waals surface area contributed by atoms with E-state index in [1.165, 1.54) is 0 Å². The van der Waals surface area contributed by atoms with E-state index < -0.39 is 17.4 Å². The summed E-state index contributed by atoms with van der Waals surface area (Å²) in [6.45, 7) is 5.08. The van der Waals surface area contributed by atoms with Crippen LogP contribution in [0.3, 0.4) is 0 Å². The van der Waals surface area contributed by atoms with Crippen molar-refractivity contribution in [1.29, 1.82) is 0 Å². The maximum absolute atomic E-state index is 12.6. The molecule has 2 N–H and O–H groups in total. The van der Waals surface area contributed by atoms with Crippen LogP contribution in [-0.4, -0.2) is 46.4 Å². The van der Waals surface area contributed by atoms with Crippen molar-refractivity contribution in [3.8, 4) is 0 Å². The molecular weight excluding hydrogens is 332 g/mol. The molecular formula is C20H28N2O4. The lowest BCUT2D eigenvalue weighted by atomic mass is 9.89. The maximum Gasteiger partial charge on any atom is 0.329 e. The third-order valence-electron chi connectivity index (χ3n) is 5.16. The molecule has 0 radical (unpaired) electrons. The second-order valence-electron chi connectivity index (χ2n) is 6.81. The fourth-order valence-electron chi connectivity index (χ4n) is 3.47. The van der Waals surface area contributed by atoms with Crippen LogP contribution in [0.1, 0.15) is 73.1 Å². The molecule has 0 heterocycles. The van der Waals surface area contributed by atoms with Crippen LogP contribution in [0.2, 0.25) is 0 Å². The first-order valence-electron chi connectivity index (χ1n) is 9.38. The Kier molecular flexibility index (Phi) is 6.77. The molecule has 0 bridgehead atoms. The number of rotatable bonds is 6. The van der Waals surface area contributed by atoms with Gasteiger partial charge in [0.1, 0.15) is 5.54 Å². The van der Waals surface area contributed by atoms with Crippen LogP contribution in [-0.2, 0) is 4.79 Å². The van der Waals surface area contributed by atoms with Crippen molar-refractivity contribution in [1.82, 2.24) is 10.2 Å². The number of carboxylic acid groups (broad SMARTS) is 1. The Balaban J connectivity index is 2.14. The SMILES string of the molecule is CCN(CC)C(=O)c1ccc(C(=O)NC2(C(=O)O)CCCCCC2)cc1. The topological polar surface area (TPSA) is 86.7 Å². The van der Waals surface area contributed by atoms with Crippen molar-refractivity contribution >= 4 is 17.8 Å². The van der Waals surface area contributed by atoms with Crippen LogP contribution in [0, 0.1) is 0 Å². The largest absolute Gasteiger partial charge is 0.480 e. The molecule has 0 aromatic heterocycles. The summed E-state index contributed by atoms with van der Waals surface area (Å²) >= 11 is 0. The number of aliphatic carboxylic acids is 1. The van der Waals surface area contributed by atoms with Gasteiger partial charge >= 0.3 is 5.97 Å². The smallest absolute Gasteiger partial charge is 0.329 e. The van der Waals surface area contributed by atoms with E-state index in [2.05, 4.69) is 5.32 Å². The van der Waals surface area contributed by atoms with Gasteiger partial charge in [-0.05, 0) is 51.0 Å². The molecule has 0 atom stereocenters. The molecule has 0 spiro atoms. The fraction of sp³-hybridized carbons (Fsp3) is 0.550. The molecule has 1 aromatic carbocycles. The number of carboxylic acids is 1. The molecule has 2 rings (SSSR count). The number of amides is 2. The molecule has 1 aliphatic rings. The zero-order valence-electron chi connectivity index (χ0n) is 15.6. The van der Waals surface area contributed by atoms with Crippen molar-refractivity contribution in [2.75, 3.05) is 13.1 Å². The Labute approximate surface area is 154 Å². The summed E-state index contributed by atoms with van der Waals surface area (Å²) < 4.78 is 0. The van der Waals surface area contributed by atoms with Gasteiger partial charge in [-0.25, -0.2) is 4.79 Å². The highest BCUT2D eigenvalue weighted by atomic mass is 16.4. The van der Waals surface area contributed by atoms with Gasteiger partial charge in [-0.15, -0.1) is 0 Å². The van der Waals surface area contributed by atoms with Gasteiger partial charge < -0.3 is 15.3 Å². The second-order valence-corrected chi connectivity index (χ2v) is 6.81. The predicted molar refractivity (Wildman–Crippen MR) is 99.2 cm³/mol. The van der Waals surface area contributed by atoms with Crippen LogP contribution in [0.4, 0.5) is 0 Å². The van der Waals surface area contributed by atoms with E-state index in [0.717, 1.165) is 25.7 Å². The van der Waals surface area contributed by atoms with Gasteiger partial charge in [0.15, 0.2) is 0 Å². The zero-order chi connectivity index (χ0) is 19.2. The van der Waals surface area contributed by atoms with Gasteiger partial charge in [0.25, 0.3) is 11.8 Å². The van der Waals surface area contributed by atoms with Crippen molar-refractivity contribution in [2.24, 2.45) is 0 Å². The summed E-state index contributed by atoms with van der Waals surface area (Å²) in [6, 6.07) is 6.41. The predicted octanol–water partition coefficient (Wildman–Crippen LogP) is 3.08. The molecule has 6 nitrogen and oxygen atoms in total. The number of carbonyl (C=O) groups is 3. The first-order valence-corrected chi connectivity index (χ1v) is 9.38. The summed E-state index contributed by atoms with van der Waals surface area (Å²) in [6.07, 6.45) is 4.48. The zero-order valence-corrected chi connectivity index (χ0v) is 15.6. The summed E-state index contributed by atoms with van der Waals surface area (Å²) in [5, 5.41) is 12.4. The van der Waals surface area contributed by atoms with Crippen molar-refractivity contribution in [3.05, 3.63) is 35.4 Å². The monoisotopic (exact) mass is 360 g/mol. The average molecular weight is 360 g/mol. The standard InChI is InChI=1S/C20H28N2O4/c1-3-22(4-2)18(24)16-11-9-15(10-12-16)17(23)21-20(19(25)26)13-7-5-6-8-14-20/h9-12H,3-8,13-14H2,1-2H3,(H,21,23)(H,25,26). The molecule has 2 amide bonds. The van der Waals surface area contributed by atoms with Crippen molar-refractivity contribution < 1.29 is 19.5 Å². The molecule has 1 aromatic rings. The Morgan fingerprint density at radius 3 is 1.92 bits per heavy atom. The van der Waals surface area contributed by atoms with Crippen molar-refractivity contribution in [2.45, 2.75) is 57.9 Å². The number of carbonyl (C=O) groups excluding carboxylic acids is 2. The van der Waals surface area contributed by atoms with E-state index in [-0.39, 0.29) is 5.91 Å².